The van der Waals surface area contributed by atoms with Gasteiger partial charge in [0.15, 0.2) is 0 Å². The number of ether oxygens (including phenoxy) is 1. The molecule has 16 heavy (non-hydrogen) atoms. The largest absolute Gasteiger partial charge is 0.518 e. The number of aliphatic hydroxyl groups is 1. The molecule has 1 aliphatic rings. The average molecular weight is 234 g/mol. The molecular weight excluding hydrogens is 213 g/mol. The van der Waals surface area contributed by atoms with E-state index in [1.807, 2.05) is 0 Å². The summed E-state index contributed by atoms with van der Waals surface area (Å²) in [7, 11) is 0. The van der Waals surface area contributed by atoms with Crippen LogP contribution in [-0.2, 0) is 4.74 Å². The molecule has 1 aliphatic heterocycles. The minimum Gasteiger partial charge on any atom is -0.414 e. The van der Waals surface area contributed by atoms with E-state index in [1.165, 1.54) is 0 Å². The lowest BCUT2D eigenvalue weighted by molar-refractivity contribution is -0.885. The summed E-state index contributed by atoms with van der Waals surface area (Å²) in [5.74, 6) is 0. The van der Waals surface area contributed by atoms with E-state index < -0.39 is 18.0 Å². The Morgan fingerprint density at radius 3 is 2.56 bits per heavy atom. The second-order valence-corrected chi connectivity index (χ2v) is 5.26. The van der Waals surface area contributed by atoms with Crippen LogP contribution >= 0.6 is 0 Å². The fourth-order valence-corrected chi connectivity index (χ4v) is 2.01. The molecule has 2 unspecified atom stereocenters. The smallest absolute Gasteiger partial charge is 0.414 e. The van der Waals surface area contributed by atoms with Gasteiger partial charge < -0.3 is 9.84 Å². The van der Waals surface area contributed by atoms with E-state index in [-0.39, 0.29) is 17.6 Å². The fraction of sp³-hybridized carbons (Fsp3) is 0.909. The van der Waals surface area contributed by atoms with E-state index in [0.29, 0.717) is 19.4 Å². The van der Waals surface area contributed by atoms with E-state index >= 15 is 0 Å². The number of quaternary nitrogens is 1. The van der Waals surface area contributed by atoms with Crippen LogP contribution in [0.2, 0.25) is 0 Å². The van der Waals surface area contributed by atoms with Crippen LogP contribution in [0.4, 0.5) is 9.18 Å². The third-order valence-electron chi connectivity index (χ3n) is 2.79. The van der Waals surface area contributed by atoms with Crippen LogP contribution in [0, 0.1) is 0 Å². The second-order valence-electron chi connectivity index (χ2n) is 5.26. The first-order valence-electron chi connectivity index (χ1n) is 5.67. The molecule has 0 spiro atoms. The quantitative estimate of drug-likeness (QED) is 0.585. The summed E-state index contributed by atoms with van der Waals surface area (Å²) in [5.41, 5.74) is -0.625. The monoisotopic (exact) mass is 234 g/mol. The van der Waals surface area contributed by atoms with Crippen molar-refractivity contribution in [2.75, 3.05) is 19.7 Å². The van der Waals surface area contributed by atoms with Crippen molar-refractivity contribution in [3.05, 3.63) is 0 Å². The number of hydrogen-bond donors (Lipinski definition) is 1. The van der Waals surface area contributed by atoms with E-state index in [2.05, 4.69) is 0 Å². The van der Waals surface area contributed by atoms with Crippen LogP contribution in [0.1, 0.15) is 33.6 Å². The second kappa shape index (κ2) is 4.67. The van der Waals surface area contributed by atoms with Crippen molar-refractivity contribution >= 4 is 6.09 Å². The number of aliphatic hydroxyl groups excluding tert-OH is 1. The van der Waals surface area contributed by atoms with E-state index in [4.69, 9.17) is 9.84 Å². The minimum absolute atomic E-state index is 0.0933. The Morgan fingerprint density at radius 1 is 1.56 bits per heavy atom. The highest BCUT2D eigenvalue weighted by Crippen LogP contribution is 2.30. The Kier molecular flexibility index (Phi) is 3.91. The third-order valence-corrected chi connectivity index (χ3v) is 2.79. The van der Waals surface area contributed by atoms with Gasteiger partial charge in [-0.1, -0.05) is 0 Å². The van der Waals surface area contributed by atoms with Crippen LogP contribution in [0.15, 0.2) is 0 Å². The Morgan fingerprint density at radius 2 is 2.19 bits per heavy atom. The van der Waals surface area contributed by atoms with Crippen LogP contribution in [0.25, 0.3) is 0 Å². The van der Waals surface area contributed by atoms with Crippen molar-refractivity contribution in [3.63, 3.8) is 0 Å². The molecule has 1 amide bonds. The van der Waals surface area contributed by atoms with Crippen molar-refractivity contribution in [3.8, 4) is 0 Å². The van der Waals surface area contributed by atoms with Crippen LogP contribution in [0.5, 0.6) is 0 Å². The summed E-state index contributed by atoms with van der Waals surface area (Å²) in [5, 5.41) is 8.97. The lowest BCUT2D eigenvalue weighted by atomic mass is 10.2. The molecule has 0 bridgehead atoms. The molecule has 2 atom stereocenters. The number of alkyl halides is 1. The highest BCUT2D eigenvalue weighted by atomic mass is 19.1. The van der Waals surface area contributed by atoms with Gasteiger partial charge in [0.05, 0.1) is 13.2 Å². The van der Waals surface area contributed by atoms with E-state index in [9.17, 15) is 9.18 Å². The van der Waals surface area contributed by atoms with Crippen LogP contribution in [0.3, 0.4) is 0 Å². The summed E-state index contributed by atoms with van der Waals surface area (Å²) >= 11 is 0. The molecule has 0 radical (unpaired) electrons. The number of hydrogen-bond acceptors (Lipinski definition) is 3. The number of rotatable bonds is 2. The molecule has 4 nitrogen and oxygen atoms in total. The summed E-state index contributed by atoms with van der Waals surface area (Å²) in [6.45, 7) is 5.56. The van der Waals surface area contributed by atoms with Gasteiger partial charge in [0.25, 0.3) is 0 Å². The lowest BCUT2D eigenvalue weighted by Crippen LogP contribution is -2.57. The topological polar surface area (TPSA) is 46.5 Å². The van der Waals surface area contributed by atoms with Gasteiger partial charge >= 0.3 is 6.09 Å². The fourth-order valence-electron chi connectivity index (χ4n) is 2.01. The number of amides is 1. The summed E-state index contributed by atoms with van der Waals surface area (Å²) in [6, 6.07) is 0. The van der Waals surface area contributed by atoms with E-state index in [1.54, 1.807) is 20.8 Å². The van der Waals surface area contributed by atoms with Gasteiger partial charge in [-0.25, -0.2) is 0 Å². The molecule has 1 fully saturated rings. The number of carbonyl (C=O) groups excluding carboxylic acids is 1. The summed E-state index contributed by atoms with van der Waals surface area (Å²) in [4.78, 5) is 12.0. The van der Waals surface area contributed by atoms with Crippen molar-refractivity contribution in [2.45, 2.75) is 45.5 Å². The number of halogens is 1. The molecule has 1 heterocycles. The molecule has 1 saturated heterocycles. The Labute approximate surface area is 95.6 Å². The lowest BCUT2D eigenvalue weighted by Gasteiger charge is -2.33. The molecule has 0 aromatic rings. The first-order valence-corrected chi connectivity index (χ1v) is 5.67. The van der Waals surface area contributed by atoms with E-state index in [0.717, 1.165) is 0 Å². The molecule has 1 N–H and O–H groups in total. The van der Waals surface area contributed by atoms with Crippen LogP contribution < -0.4 is 0 Å². The van der Waals surface area contributed by atoms with Gasteiger partial charge in [-0.3, -0.25) is 0 Å². The molecule has 5 heteroatoms. The molecule has 0 aromatic heterocycles. The highest BCUT2D eigenvalue weighted by Gasteiger charge is 2.51. The number of nitrogens with zero attached hydrogens (tertiary/aromatic N) is 1. The van der Waals surface area contributed by atoms with Crippen LogP contribution in [-0.4, -0.2) is 47.3 Å². The Balaban J connectivity index is 2.81. The SMILES string of the molecule is CC(C)(C)OC(=O)[N+]1(CCO)CCCC1F. The van der Waals surface area contributed by atoms with Crippen molar-refractivity contribution < 1.29 is 23.5 Å². The predicted molar refractivity (Wildman–Crippen MR) is 57.4 cm³/mol. The van der Waals surface area contributed by atoms with Gasteiger partial charge in [0.2, 0.25) is 6.30 Å². The maximum absolute atomic E-state index is 13.8. The molecule has 0 saturated carbocycles. The van der Waals surface area contributed by atoms with Gasteiger partial charge in [0, 0.05) is 12.8 Å². The van der Waals surface area contributed by atoms with Gasteiger partial charge in [0.1, 0.15) is 12.1 Å². The Bertz CT molecular complexity index is 264. The maximum Gasteiger partial charge on any atom is 0.518 e. The van der Waals surface area contributed by atoms with Crippen molar-refractivity contribution in [1.29, 1.82) is 0 Å². The first-order chi connectivity index (χ1) is 7.32. The number of carbonyl (C=O) groups is 1. The minimum atomic E-state index is -1.25. The highest BCUT2D eigenvalue weighted by molar-refractivity contribution is 5.60. The molecule has 94 valence electrons. The number of likely N-dealkylation sites (tertiary alicyclic amines) is 1. The zero-order valence-electron chi connectivity index (χ0n) is 10.2. The first kappa shape index (κ1) is 13.4. The van der Waals surface area contributed by atoms with Gasteiger partial charge in [-0.2, -0.15) is 13.7 Å². The maximum atomic E-state index is 13.8. The molecular formula is C11H21FNO3+. The van der Waals surface area contributed by atoms with Gasteiger partial charge in [-0.15, -0.1) is 0 Å². The van der Waals surface area contributed by atoms with Gasteiger partial charge in [-0.05, 0) is 20.8 Å². The standard InChI is InChI=1S/C11H21FNO3/c1-11(2,3)16-10(15)13(7-8-14)6-4-5-9(13)12/h9,14H,4-8H2,1-3H3/q+1. The zero-order chi connectivity index (χ0) is 12.4. The zero-order valence-corrected chi connectivity index (χ0v) is 10.2. The average Bonchev–Trinajstić information content (AvgIpc) is 2.46. The summed E-state index contributed by atoms with van der Waals surface area (Å²) in [6.07, 6.45) is -0.798. The Hall–Kier alpha value is -0.680. The molecule has 1 rings (SSSR count). The van der Waals surface area contributed by atoms with Crippen molar-refractivity contribution in [1.82, 2.24) is 0 Å². The normalized spacial score (nSPS) is 30.4. The molecule has 0 aromatic carbocycles. The molecule has 0 aliphatic carbocycles. The predicted octanol–water partition coefficient (Wildman–Crippen LogP) is 1.82. The third kappa shape index (κ3) is 2.71. The summed E-state index contributed by atoms with van der Waals surface area (Å²) < 4.78 is 18.7. The van der Waals surface area contributed by atoms with Crippen molar-refractivity contribution in [2.24, 2.45) is 0 Å².